The van der Waals surface area contributed by atoms with Gasteiger partial charge >= 0.3 is 0 Å². The van der Waals surface area contributed by atoms with Gasteiger partial charge in [0.2, 0.25) is 6.41 Å². The first kappa shape index (κ1) is 21.4. The highest BCUT2D eigenvalue weighted by Crippen LogP contribution is 2.30. The molecule has 1 heterocycles. The summed E-state index contributed by atoms with van der Waals surface area (Å²) in [7, 11) is -3.40. The number of nitrogens with zero attached hydrogens (tertiary/aromatic N) is 1. The molecule has 9 nitrogen and oxygen atoms in total. The van der Waals surface area contributed by atoms with Gasteiger partial charge in [-0.3, -0.25) is 14.8 Å². The number of anilines is 1. The molecule has 0 spiro atoms. The summed E-state index contributed by atoms with van der Waals surface area (Å²) in [5, 5.41) is 17.6. The van der Waals surface area contributed by atoms with Crippen molar-refractivity contribution in [2.24, 2.45) is 5.73 Å². The maximum absolute atomic E-state index is 12.1. The summed E-state index contributed by atoms with van der Waals surface area (Å²) in [5.74, 6) is 8.65. The van der Waals surface area contributed by atoms with Crippen molar-refractivity contribution in [1.29, 1.82) is 0 Å². The molecule has 148 valence electrons. The molecule has 1 aliphatic rings. The fraction of sp³-hybridized carbons (Fsp3) is 0.333. The fourth-order valence-electron chi connectivity index (χ4n) is 2.91. The molecule has 1 aliphatic heterocycles. The predicted molar refractivity (Wildman–Crippen MR) is 101 cm³/mol. The third-order valence-electron chi connectivity index (χ3n) is 4.03. The average Bonchev–Trinajstić information content (AvgIpc) is 2.64. The number of nitrogens with two attached hydrogens (primary N) is 1. The highest BCUT2D eigenvalue weighted by Gasteiger charge is 2.55. The molecule has 1 unspecified atom stereocenters. The van der Waals surface area contributed by atoms with E-state index in [4.69, 9.17) is 16.0 Å². The number of carbonyl (C=O) groups excluding carboxylic acids is 2. The Morgan fingerprint density at radius 1 is 1.32 bits per heavy atom. The Balaban J connectivity index is 2.28. The number of aliphatic hydroxyl groups excluding tert-OH is 1. The molecule has 1 aromatic rings. The number of hydrogen-bond acceptors (Lipinski definition) is 7. The van der Waals surface area contributed by atoms with Crippen molar-refractivity contribution in [3.05, 3.63) is 29.8 Å². The molecule has 1 fully saturated rings. The zero-order valence-corrected chi connectivity index (χ0v) is 15.6. The standard InChI is InChI=1S/C18H19N3O6S/c19-18(11-28(26,27)12-18)16(17(24)20-25)21(13-23)15-8-6-14(7-9-15)5-3-1-2-4-10-22/h6-9,13,16,22,25H,4,10-12,19H2,(H,20,24). The van der Waals surface area contributed by atoms with Gasteiger partial charge in [-0.05, 0) is 36.1 Å². The Bertz CT molecular complexity index is 955. The van der Waals surface area contributed by atoms with Crippen LogP contribution < -0.4 is 16.1 Å². The first-order valence-corrected chi connectivity index (χ1v) is 9.95. The number of nitrogens with one attached hydrogen (secondary N) is 1. The Kier molecular flexibility index (Phi) is 6.78. The lowest BCUT2D eigenvalue weighted by molar-refractivity contribution is -0.133. The van der Waals surface area contributed by atoms with Gasteiger partial charge < -0.3 is 15.7 Å². The fourth-order valence-corrected chi connectivity index (χ4v) is 4.78. The SMILES string of the molecule is NC1(C(C(=O)NO)N(C=O)c2ccc(C#CC#CCCO)cc2)CS(=O)(=O)C1. The van der Waals surface area contributed by atoms with Gasteiger partial charge in [-0.1, -0.05) is 11.8 Å². The maximum Gasteiger partial charge on any atom is 0.268 e. The third-order valence-corrected chi connectivity index (χ3v) is 5.99. The first-order chi connectivity index (χ1) is 13.3. The molecular weight excluding hydrogens is 386 g/mol. The van der Waals surface area contributed by atoms with E-state index in [9.17, 15) is 18.0 Å². The van der Waals surface area contributed by atoms with E-state index >= 15 is 0 Å². The van der Waals surface area contributed by atoms with E-state index in [-0.39, 0.29) is 12.3 Å². The number of rotatable bonds is 6. The lowest BCUT2D eigenvalue weighted by Gasteiger charge is -2.45. The van der Waals surface area contributed by atoms with E-state index in [1.54, 1.807) is 12.1 Å². The molecule has 2 amide bonds. The number of hydrogen-bond donors (Lipinski definition) is 4. The molecule has 0 saturated carbocycles. The highest BCUT2D eigenvalue weighted by atomic mass is 32.2. The van der Waals surface area contributed by atoms with Crippen LogP contribution in [-0.2, 0) is 19.4 Å². The van der Waals surface area contributed by atoms with Gasteiger partial charge in [0.1, 0.15) is 6.04 Å². The molecule has 2 rings (SSSR count). The van der Waals surface area contributed by atoms with Crippen LogP contribution in [0.3, 0.4) is 0 Å². The van der Waals surface area contributed by atoms with Crippen LogP contribution in [0.2, 0.25) is 0 Å². The molecule has 1 saturated heterocycles. The Hall–Kier alpha value is -2.89. The summed E-state index contributed by atoms with van der Waals surface area (Å²) in [6, 6.07) is 4.77. The zero-order chi connectivity index (χ0) is 20.8. The van der Waals surface area contributed by atoms with E-state index in [0.717, 1.165) is 4.90 Å². The Morgan fingerprint density at radius 3 is 2.46 bits per heavy atom. The molecule has 1 atom stereocenters. The normalized spacial score (nSPS) is 16.8. The molecule has 1 aromatic carbocycles. The van der Waals surface area contributed by atoms with E-state index in [2.05, 4.69) is 23.7 Å². The smallest absolute Gasteiger partial charge is 0.268 e. The molecule has 0 aromatic heterocycles. The Labute approximate surface area is 162 Å². The monoisotopic (exact) mass is 405 g/mol. The summed E-state index contributed by atoms with van der Waals surface area (Å²) < 4.78 is 23.1. The van der Waals surface area contributed by atoms with E-state index < -0.39 is 38.8 Å². The van der Waals surface area contributed by atoms with Crippen molar-refractivity contribution in [3.8, 4) is 23.7 Å². The molecule has 0 bridgehead atoms. The van der Waals surface area contributed by atoms with Crippen molar-refractivity contribution in [3.63, 3.8) is 0 Å². The summed E-state index contributed by atoms with van der Waals surface area (Å²) in [6.07, 6.45) is 0.674. The summed E-state index contributed by atoms with van der Waals surface area (Å²) in [6.45, 7) is -0.0442. The number of aliphatic hydroxyl groups is 1. The van der Waals surface area contributed by atoms with Crippen molar-refractivity contribution in [2.75, 3.05) is 23.0 Å². The maximum atomic E-state index is 12.1. The minimum atomic E-state index is -3.40. The quantitative estimate of drug-likeness (QED) is 0.192. The minimum absolute atomic E-state index is 0.0442. The van der Waals surface area contributed by atoms with Crippen LogP contribution in [0.5, 0.6) is 0 Å². The van der Waals surface area contributed by atoms with Gasteiger partial charge in [0.15, 0.2) is 9.84 Å². The van der Waals surface area contributed by atoms with E-state index in [1.807, 2.05) is 0 Å². The molecular formula is C18H19N3O6S. The van der Waals surface area contributed by atoms with Crippen LogP contribution in [0.4, 0.5) is 5.69 Å². The second kappa shape index (κ2) is 8.87. The third kappa shape index (κ3) is 4.88. The van der Waals surface area contributed by atoms with Gasteiger partial charge in [-0.15, -0.1) is 0 Å². The second-order valence-electron chi connectivity index (χ2n) is 6.23. The van der Waals surface area contributed by atoms with Crippen LogP contribution in [0.25, 0.3) is 0 Å². The summed E-state index contributed by atoms with van der Waals surface area (Å²) >= 11 is 0. The number of carbonyl (C=O) groups is 2. The van der Waals surface area contributed by atoms with Crippen molar-refractivity contribution in [2.45, 2.75) is 18.0 Å². The zero-order valence-electron chi connectivity index (χ0n) is 14.8. The van der Waals surface area contributed by atoms with Gasteiger partial charge in [0.05, 0.1) is 23.7 Å². The highest BCUT2D eigenvalue weighted by molar-refractivity contribution is 7.93. The lowest BCUT2D eigenvalue weighted by atomic mass is 9.92. The molecule has 28 heavy (non-hydrogen) atoms. The predicted octanol–water partition coefficient (Wildman–Crippen LogP) is -1.61. The second-order valence-corrected chi connectivity index (χ2v) is 8.29. The van der Waals surface area contributed by atoms with Crippen LogP contribution in [-0.4, -0.2) is 60.7 Å². The average molecular weight is 405 g/mol. The van der Waals surface area contributed by atoms with Crippen LogP contribution in [0.1, 0.15) is 12.0 Å². The minimum Gasteiger partial charge on any atom is -0.395 e. The van der Waals surface area contributed by atoms with Gasteiger partial charge in [0, 0.05) is 17.7 Å². The van der Waals surface area contributed by atoms with Crippen LogP contribution in [0.15, 0.2) is 24.3 Å². The summed E-state index contributed by atoms with van der Waals surface area (Å²) in [5.41, 5.74) is 6.82. The van der Waals surface area contributed by atoms with Gasteiger partial charge in [0.25, 0.3) is 5.91 Å². The topological polar surface area (TPSA) is 150 Å². The lowest BCUT2D eigenvalue weighted by Crippen LogP contribution is -2.75. The number of hydroxylamine groups is 1. The molecule has 10 heteroatoms. The van der Waals surface area contributed by atoms with Crippen LogP contribution >= 0.6 is 0 Å². The van der Waals surface area contributed by atoms with Crippen molar-refractivity contribution >= 4 is 27.8 Å². The molecule has 5 N–H and O–H groups in total. The van der Waals surface area contributed by atoms with Gasteiger partial charge in [-0.2, -0.15) is 0 Å². The molecule has 0 aliphatic carbocycles. The van der Waals surface area contributed by atoms with Crippen molar-refractivity contribution < 1.29 is 28.3 Å². The van der Waals surface area contributed by atoms with E-state index in [1.165, 1.54) is 17.6 Å². The first-order valence-electron chi connectivity index (χ1n) is 8.13. The number of sulfone groups is 1. The van der Waals surface area contributed by atoms with Crippen molar-refractivity contribution in [1.82, 2.24) is 5.48 Å². The Morgan fingerprint density at radius 2 is 1.96 bits per heavy atom. The van der Waals surface area contributed by atoms with Crippen LogP contribution in [0, 0.1) is 23.7 Å². The summed E-state index contributed by atoms with van der Waals surface area (Å²) in [4.78, 5) is 24.8. The van der Waals surface area contributed by atoms with Gasteiger partial charge in [-0.25, -0.2) is 13.9 Å². The largest absolute Gasteiger partial charge is 0.395 e. The number of benzene rings is 1. The molecule has 0 radical (unpaired) electrons. The number of amides is 2. The van der Waals surface area contributed by atoms with E-state index in [0.29, 0.717) is 18.4 Å².